The van der Waals surface area contributed by atoms with Gasteiger partial charge in [0, 0.05) is 18.7 Å². The lowest BCUT2D eigenvalue weighted by atomic mass is 10.1. The summed E-state index contributed by atoms with van der Waals surface area (Å²) in [5.41, 5.74) is 7.04. The maximum atomic E-state index is 5.93. The van der Waals surface area contributed by atoms with Gasteiger partial charge in [-0.3, -0.25) is 4.90 Å². The summed E-state index contributed by atoms with van der Waals surface area (Å²) in [5.74, 6) is 1.70. The Morgan fingerprint density at radius 1 is 1.33 bits per heavy atom. The highest BCUT2D eigenvalue weighted by atomic mass is 79.9. The van der Waals surface area contributed by atoms with Crippen LogP contribution in [-0.2, 0) is 6.54 Å². The molecule has 0 saturated carbocycles. The van der Waals surface area contributed by atoms with Crippen LogP contribution in [0.15, 0.2) is 43.9 Å². The van der Waals surface area contributed by atoms with Crippen molar-refractivity contribution in [2.75, 3.05) is 20.7 Å². The molecular formula is C15H18Br2N2O2. The monoisotopic (exact) mass is 416 g/mol. The van der Waals surface area contributed by atoms with Gasteiger partial charge in [-0.15, -0.1) is 0 Å². The minimum Gasteiger partial charge on any atom is -0.496 e. The summed E-state index contributed by atoms with van der Waals surface area (Å²) in [6.07, 6.45) is 0. The van der Waals surface area contributed by atoms with Crippen molar-refractivity contribution in [3.05, 3.63) is 50.8 Å². The Bertz CT molecular complexity index is 582. The number of hydrogen-bond donors (Lipinski definition) is 1. The Hall–Kier alpha value is -0.820. The van der Waals surface area contributed by atoms with Crippen LogP contribution in [0.5, 0.6) is 5.75 Å². The molecule has 0 spiro atoms. The lowest BCUT2D eigenvalue weighted by molar-refractivity contribution is 0.208. The van der Waals surface area contributed by atoms with Gasteiger partial charge in [0.15, 0.2) is 4.67 Å². The highest BCUT2D eigenvalue weighted by molar-refractivity contribution is 9.13. The molecule has 0 aliphatic heterocycles. The molecule has 1 unspecified atom stereocenters. The molecule has 2 N–H and O–H groups in total. The van der Waals surface area contributed by atoms with Crippen LogP contribution in [0.3, 0.4) is 0 Å². The van der Waals surface area contributed by atoms with Crippen molar-refractivity contribution in [3.63, 3.8) is 0 Å². The summed E-state index contributed by atoms with van der Waals surface area (Å²) in [7, 11) is 3.70. The Morgan fingerprint density at radius 3 is 2.62 bits per heavy atom. The molecule has 0 fully saturated rings. The fourth-order valence-corrected chi connectivity index (χ4v) is 2.86. The van der Waals surface area contributed by atoms with E-state index >= 15 is 0 Å². The Labute approximate surface area is 141 Å². The molecule has 1 heterocycles. The number of nitrogens with two attached hydrogens (primary N) is 1. The molecule has 21 heavy (non-hydrogen) atoms. The fraction of sp³-hybridized carbons (Fsp3) is 0.333. The van der Waals surface area contributed by atoms with E-state index in [2.05, 4.69) is 42.8 Å². The fourth-order valence-electron chi connectivity index (χ4n) is 2.25. The van der Waals surface area contributed by atoms with Crippen molar-refractivity contribution in [2.24, 2.45) is 5.73 Å². The van der Waals surface area contributed by atoms with Crippen LogP contribution in [0.4, 0.5) is 0 Å². The molecule has 0 amide bonds. The minimum absolute atomic E-state index is 0.00230. The topological polar surface area (TPSA) is 51.6 Å². The molecule has 114 valence electrons. The average Bonchev–Trinajstić information content (AvgIpc) is 2.79. The van der Waals surface area contributed by atoms with Gasteiger partial charge in [-0.1, -0.05) is 18.2 Å². The van der Waals surface area contributed by atoms with Crippen molar-refractivity contribution in [1.29, 1.82) is 0 Å². The zero-order valence-corrected chi connectivity index (χ0v) is 15.1. The van der Waals surface area contributed by atoms with Gasteiger partial charge in [0.1, 0.15) is 11.5 Å². The van der Waals surface area contributed by atoms with Crippen LogP contribution in [-0.4, -0.2) is 25.6 Å². The normalized spacial score (nSPS) is 12.7. The van der Waals surface area contributed by atoms with E-state index in [4.69, 9.17) is 14.9 Å². The van der Waals surface area contributed by atoms with Crippen LogP contribution in [0.25, 0.3) is 0 Å². The second-order valence-corrected chi connectivity index (χ2v) is 6.32. The molecule has 4 nitrogen and oxygen atoms in total. The zero-order chi connectivity index (χ0) is 15.4. The van der Waals surface area contributed by atoms with Crippen molar-refractivity contribution >= 4 is 31.9 Å². The third-order valence-corrected chi connectivity index (χ3v) is 5.07. The lowest BCUT2D eigenvalue weighted by Gasteiger charge is -2.25. The van der Waals surface area contributed by atoms with Gasteiger partial charge in [-0.2, -0.15) is 0 Å². The maximum absolute atomic E-state index is 5.93. The van der Waals surface area contributed by atoms with E-state index in [-0.39, 0.29) is 6.04 Å². The molecule has 0 saturated heterocycles. The number of likely N-dealkylation sites (N-methyl/N-ethyl adjacent to an activating group) is 1. The van der Waals surface area contributed by atoms with Crippen LogP contribution >= 0.6 is 31.9 Å². The van der Waals surface area contributed by atoms with E-state index in [0.29, 0.717) is 11.2 Å². The summed E-state index contributed by atoms with van der Waals surface area (Å²) in [6.45, 7) is 1.19. The first-order valence-electron chi connectivity index (χ1n) is 6.53. The maximum Gasteiger partial charge on any atom is 0.183 e. The van der Waals surface area contributed by atoms with Gasteiger partial charge < -0.3 is 14.9 Å². The van der Waals surface area contributed by atoms with Crippen LogP contribution in [0, 0.1) is 0 Å². The first-order valence-corrected chi connectivity index (χ1v) is 8.12. The number of halogens is 2. The SMILES string of the molecule is COc1ccccc1CN(C)C(CN)c1cc(Br)c(Br)o1. The van der Waals surface area contributed by atoms with Crippen molar-refractivity contribution in [3.8, 4) is 5.75 Å². The Kier molecular flexibility index (Phi) is 5.87. The van der Waals surface area contributed by atoms with E-state index in [0.717, 1.165) is 28.1 Å². The van der Waals surface area contributed by atoms with E-state index in [1.807, 2.05) is 31.3 Å². The molecule has 1 aromatic carbocycles. The molecule has 1 atom stereocenters. The molecule has 2 aromatic rings. The third kappa shape index (κ3) is 3.88. The van der Waals surface area contributed by atoms with Gasteiger partial charge in [0.25, 0.3) is 0 Å². The zero-order valence-electron chi connectivity index (χ0n) is 12.0. The number of hydrogen-bond acceptors (Lipinski definition) is 4. The molecule has 1 aromatic heterocycles. The molecule has 0 radical (unpaired) electrons. The number of para-hydroxylation sites is 1. The van der Waals surface area contributed by atoms with Crippen LogP contribution in [0.2, 0.25) is 0 Å². The highest BCUT2D eigenvalue weighted by Crippen LogP contribution is 2.32. The van der Waals surface area contributed by atoms with Gasteiger partial charge in [-0.25, -0.2) is 0 Å². The number of furan rings is 1. The van der Waals surface area contributed by atoms with Crippen LogP contribution in [0.1, 0.15) is 17.4 Å². The van der Waals surface area contributed by atoms with E-state index in [9.17, 15) is 0 Å². The van der Waals surface area contributed by atoms with Crippen molar-refractivity contribution < 1.29 is 9.15 Å². The van der Waals surface area contributed by atoms with Crippen molar-refractivity contribution in [2.45, 2.75) is 12.6 Å². The van der Waals surface area contributed by atoms with Crippen LogP contribution < -0.4 is 10.5 Å². The summed E-state index contributed by atoms with van der Waals surface area (Å²) >= 11 is 6.79. The summed E-state index contributed by atoms with van der Waals surface area (Å²) in [4.78, 5) is 2.15. The Morgan fingerprint density at radius 2 is 2.05 bits per heavy atom. The number of methoxy groups -OCH3 is 1. The quantitative estimate of drug-likeness (QED) is 0.773. The smallest absolute Gasteiger partial charge is 0.183 e. The van der Waals surface area contributed by atoms with Gasteiger partial charge in [-0.05, 0) is 51.0 Å². The molecule has 6 heteroatoms. The predicted octanol–water partition coefficient (Wildman–Crippen LogP) is 3.95. The summed E-state index contributed by atoms with van der Waals surface area (Å²) in [6, 6.07) is 9.92. The molecule has 0 aliphatic carbocycles. The van der Waals surface area contributed by atoms with Gasteiger partial charge in [0.2, 0.25) is 0 Å². The second kappa shape index (κ2) is 7.45. The molecule has 0 bridgehead atoms. The largest absolute Gasteiger partial charge is 0.496 e. The van der Waals surface area contributed by atoms with Crippen molar-refractivity contribution in [1.82, 2.24) is 4.90 Å². The predicted molar refractivity (Wildman–Crippen MR) is 90.4 cm³/mol. The first-order chi connectivity index (χ1) is 10.1. The number of rotatable bonds is 6. The Balaban J connectivity index is 2.18. The lowest BCUT2D eigenvalue weighted by Crippen LogP contribution is -2.30. The average molecular weight is 418 g/mol. The number of ether oxygens (including phenoxy) is 1. The van der Waals surface area contributed by atoms with E-state index < -0.39 is 0 Å². The highest BCUT2D eigenvalue weighted by Gasteiger charge is 2.21. The molecule has 0 aliphatic rings. The first kappa shape index (κ1) is 16.5. The molecule has 2 rings (SSSR count). The van der Waals surface area contributed by atoms with Gasteiger partial charge in [0.05, 0.1) is 17.6 Å². The number of nitrogens with zero attached hydrogens (tertiary/aromatic N) is 1. The summed E-state index contributed by atoms with van der Waals surface area (Å²) in [5, 5.41) is 0. The summed E-state index contributed by atoms with van der Waals surface area (Å²) < 4.78 is 12.7. The number of benzene rings is 1. The minimum atomic E-state index is -0.00230. The second-order valence-electron chi connectivity index (χ2n) is 4.75. The van der Waals surface area contributed by atoms with E-state index in [1.54, 1.807) is 7.11 Å². The third-order valence-electron chi connectivity index (χ3n) is 3.36. The standard InChI is InChI=1S/C15H18Br2N2O2/c1-19(9-10-5-3-4-6-13(10)20-2)12(8-18)14-7-11(16)15(17)21-14/h3-7,12H,8-9,18H2,1-2H3. The van der Waals surface area contributed by atoms with Gasteiger partial charge >= 0.3 is 0 Å². The van der Waals surface area contributed by atoms with E-state index in [1.165, 1.54) is 0 Å². The molecular weight excluding hydrogens is 400 g/mol.